The minimum atomic E-state index is -0.0313. The third-order valence-corrected chi connectivity index (χ3v) is 8.70. The van der Waals surface area contributed by atoms with E-state index in [4.69, 9.17) is 0 Å². The highest BCUT2D eigenvalue weighted by Crippen LogP contribution is 2.66. The molecule has 27 heavy (non-hydrogen) atoms. The quantitative estimate of drug-likeness (QED) is 0.457. The van der Waals surface area contributed by atoms with Crippen molar-refractivity contribution in [2.45, 2.75) is 99.8 Å². The van der Waals surface area contributed by atoms with E-state index >= 15 is 0 Å². The van der Waals surface area contributed by atoms with Gasteiger partial charge in [0.2, 0.25) is 0 Å². The maximum atomic E-state index is 13.3. The Labute approximate surface area is 168 Å². The van der Waals surface area contributed by atoms with Gasteiger partial charge in [-0.25, -0.2) is 0 Å². The summed E-state index contributed by atoms with van der Waals surface area (Å²) in [4.78, 5) is 13.3. The van der Waals surface area contributed by atoms with E-state index in [0.29, 0.717) is 30.0 Å². The van der Waals surface area contributed by atoms with Crippen LogP contribution in [0.15, 0.2) is 0 Å². The molecule has 4 saturated carbocycles. The third-order valence-electron chi connectivity index (χ3n) is 8.70. The average Bonchev–Trinajstić information content (AvgIpc) is 2.99. The number of nitrogens with zero attached hydrogens (tertiary/aromatic N) is 1. The van der Waals surface area contributed by atoms with E-state index in [-0.39, 0.29) is 16.7 Å². The largest absolute Gasteiger partial charge is 0.299 e. The number of ketones is 1. The number of Topliss-reactive ketones (excluding diaryl/α,β-unsaturated/α-hetero) is 1. The number of carbonyl (C=O) groups excluding carboxylic acids is 1. The van der Waals surface area contributed by atoms with E-state index in [1.54, 1.807) is 0 Å². The van der Waals surface area contributed by atoms with E-state index in [2.05, 4.69) is 26.8 Å². The first-order valence-corrected chi connectivity index (χ1v) is 11.8. The van der Waals surface area contributed by atoms with Crippen molar-refractivity contribution in [3.05, 3.63) is 0 Å². The van der Waals surface area contributed by atoms with E-state index in [1.807, 2.05) is 27.7 Å². The normalized spacial score (nSPS) is 47.7. The van der Waals surface area contributed by atoms with Crippen molar-refractivity contribution in [3.8, 4) is 6.07 Å². The SMILES string of the molecule is CC.CC.CC1CCC2CCC3C4CCC(C#N)C4(C)CC(=O)C3C2(C)C1. The van der Waals surface area contributed by atoms with Crippen molar-refractivity contribution < 1.29 is 4.79 Å². The molecule has 4 aliphatic rings. The van der Waals surface area contributed by atoms with Gasteiger partial charge in [0.1, 0.15) is 5.78 Å². The van der Waals surface area contributed by atoms with Gasteiger partial charge in [-0.1, -0.05) is 54.9 Å². The highest BCUT2D eigenvalue weighted by molar-refractivity contribution is 5.84. The maximum absolute atomic E-state index is 13.3. The molecule has 0 amide bonds. The lowest BCUT2D eigenvalue weighted by molar-refractivity contribution is -0.158. The predicted octanol–water partition coefficient (Wildman–Crippen LogP) is 7.04. The number of nitriles is 1. The van der Waals surface area contributed by atoms with E-state index in [1.165, 1.54) is 38.5 Å². The van der Waals surface area contributed by atoms with E-state index in [9.17, 15) is 10.1 Å². The molecule has 2 nitrogen and oxygen atoms in total. The summed E-state index contributed by atoms with van der Waals surface area (Å²) in [5, 5.41) is 9.56. The third kappa shape index (κ3) is 3.49. The van der Waals surface area contributed by atoms with Crippen molar-refractivity contribution in [3.63, 3.8) is 0 Å². The average molecular weight is 374 g/mol. The zero-order chi connectivity index (χ0) is 20.4. The first kappa shape index (κ1) is 22.4. The molecule has 0 radical (unpaired) electrons. The Bertz CT molecular complexity index is 563. The molecule has 8 unspecified atom stereocenters. The van der Waals surface area contributed by atoms with Crippen LogP contribution >= 0.6 is 0 Å². The van der Waals surface area contributed by atoms with Gasteiger partial charge in [0.05, 0.1) is 12.0 Å². The molecule has 0 saturated heterocycles. The molecule has 4 fully saturated rings. The molecular formula is C25H43NO. The molecule has 0 heterocycles. The summed E-state index contributed by atoms with van der Waals surface area (Å²) < 4.78 is 0. The first-order chi connectivity index (χ1) is 12.9. The van der Waals surface area contributed by atoms with Crippen LogP contribution in [-0.4, -0.2) is 5.78 Å². The second-order valence-electron chi connectivity index (χ2n) is 9.82. The minimum absolute atomic E-state index is 0.0313. The van der Waals surface area contributed by atoms with Crippen LogP contribution in [0.3, 0.4) is 0 Å². The summed E-state index contributed by atoms with van der Waals surface area (Å²) >= 11 is 0. The fourth-order valence-electron chi connectivity index (χ4n) is 7.70. The number of hydrogen-bond donors (Lipinski definition) is 0. The zero-order valence-electron chi connectivity index (χ0n) is 19.0. The van der Waals surface area contributed by atoms with E-state index < -0.39 is 0 Å². The topological polar surface area (TPSA) is 40.9 Å². The van der Waals surface area contributed by atoms with Gasteiger partial charge in [-0.2, -0.15) is 5.26 Å². The molecular weight excluding hydrogens is 330 g/mol. The molecule has 0 N–H and O–H groups in total. The predicted molar refractivity (Wildman–Crippen MR) is 113 cm³/mol. The number of rotatable bonds is 0. The summed E-state index contributed by atoms with van der Waals surface area (Å²) in [6.07, 6.45) is 9.36. The van der Waals surface area contributed by atoms with Gasteiger partial charge in [-0.3, -0.25) is 4.79 Å². The Kier molecular flexibility index (Phi) is 7.21. The van der Waals surface area contributed by atoms with Gasteiger partial charge in [0.25, 0.3) is 0 Å². The van der Waals surface area contributed by atoms with E-state index in [0.717, 1.165) is 18.3 Å². The second kappa shape index (κ2) is 8.67. The fourth-order valence-corrected chi connectivity index (χ4v) is 7.70. The van der Waals surface area contributed by atoms with Crippen molar-refractivity contribution in [1.82, 2.24) is 0 Å². The molecule has 2 heteroatoms. The summed E-state index contributed by atoms with van der Waals surface area (Å²) in [6.45, 7) is 15.1. The summed E-state index contributed by atoms with van der Waals surface area (Å²) in [7, 11) is 0. The number of carbonyl (C=O) groups is 1. The molecule has 0 aromatic heterocycles. The highest BCUT2D eigenvalue weighted by atomic mass is 16.1. The summed E-state index contributed by atoms with van der Waals surface area (Å²) in [5.41, 5.74) is 0.209. The van der Waals surface area contributed by atoms with Crippen LogP contribution in [0.25, 0.3) is 0 Å². The zero-order valence-corrected chi connectivity index (χ0v) is 19.0. The molecule has 0 aliphatic heterocycles. The van der Waals surface area contributed by atoms with Crippen molar-refractivity contribution in [2.75, 3.05) is 0 Å². The standard InChI is InChI=1S/C21H31NO.2C2H6/c1-13-4-5-14-6-8-16-17-9-7-15(12-22)20(17,2)11-18(23)19(16)21(14,3)10-13;2*1-2/h13-17,19H,4-11H2,1-3H3;2*1-2H3. The number of fused-ring (bicyclic) bond motifs is 5. The lowest BCUT2D eigenvalue weighted by Crippen LogP contribution is -2.57. The molecule has 0 aromatic carbocycles. The Hall–Kier alpha value is -0.840. The van der Waals surface area contributed by atoms with Gasteiger partial charge in [0, 0.05) is 12.3 Å². The molecule has 4 aliphatic carbocycles. The van der Waals surface area contributed by atoms with Crippen LogP contribution in [0.5, 0.6) is 0 Å². The van der Waals surface area contributed by atoms with Gasteiger partial charge in [-0.05, 0) is 73.0 Å². The van der Waals surface area contributed by atoms with Crippen LogP contribution in [0.4, 0.5) is 0 Å². The van der Waals surface area contributed by atoms with Gasteiger partial charge in [-0.15, -0.1) is 0 Å². The Balaban J connectivity index is 0.000000614. The lowest BCUT2D eigenvalue weighted by Gasteiger charge is -2.60. The van der Waals surface area contributed by atoms with Crippen LogP contribution in [-0.2, 0) is 4.79 Å². The van der Waals surface area contributed by atoms with Gasteiger partial charge >= 0.3 is 0 Å². The van der Waals surface area contributed by atoms with Crippen LogP contribution in [0.1, 0.15) is 99.8 Å². The molecule has 0 bridgehead atoms. The molecule has 0 aromatic rings. The molecule has 154 valence electrons. The van der Waals surface area contributed by atoms with Crippen molar-refractivity contribution in [2.24, 2.45) is 46.3 Å². The minimum Gasteiger partial charge on any atom is -0.299 e. The molecule has 8 atom stereocenters. The van der Waals surface area contributed by atoms with Gasteiger partial charge in [0.15, 0.2) is 0 Å². The van der Waals surface area contributed by atoms with Crippen molar-refractivity contribution >= 4 is 5.78 Å². The fraction of sp³-hybridized carbons (Fsp3) is 0.920. The Morgan fingerprint density at radius 3 is 2.19 bits per heavy atom. The molecule has 0 spiro atoms. The second-order valence-corrected chi connectivity index (χ2v) is 9.82. The summed E-state index contributed by atoms with van der Waals surface area (Å²) in [6, 6.07) is 2.54. The smallest absolute Gasteiger partial charge is 0.137 e. The first-order valence-electron chi connectivity index (χ1n) is 11.8. The number of hydrogen-bond acceptors (Lipinski definition) is 2. The highest BCUT2D eigenvalue weighted by Gasteiger charge is 2.63. The van der Waals surface area contributed by atoms with Crippen LogP contribution in [0, 0.1) is 57.7 Å². The summed E-state index contributed by atoms with van der Waals surface area (Å²) in [5.74, 6) is 3.62. The molecule has 4 rings (SSSR count). The van der Waals surface area contributed by atoms with Gasteiger partial charge < -0.3 is 0 Å². The van der Waals surface area contributed by atoms with Crippen LogP contribution < -0.4 is 0 Å². The monoisotopic (exact) mass is 373 g/mol. The lowest BCUT2D eigenvalue weighted by atomic mass is 9.44. The van der Waals surface area contributed by atoms with Crippen molar-refractivity contribution in [1.29, 1.82) is 5.26 Å². The Morgan fingerprint density at radius 2 is 1.56 bits per heavy atom. The Morgan fingerprint density at radius 1 is 0.926 bits per heavy atom. The van der Waals surface area contributed by atoms with Crippen LogP contribution in [0.2, 0.25) is 0 Å². The maximum Gasteiger partial charge on any atom is 0.137 e.